The average molecular weight is 408 g/mol. The number of hydrogen-bond donors (Lipinski definition) is 1. The fourth-order valence-electron chi connectivity index (χ4n) is 3.25. The van der Waals surface area contributed by atoms with Crippen LogP contribution in [0.3, 0.4) is 0 Å². The molecule has 1 fully saturated rings. The van der Waals surface area contributed by atoms with Gasteiger partial charge in [0, 0.05) is 44.6 Å². The molecule has 2 heterocycles. The number of ether oxygens (including phenoxy) is 1. The molecule has 1 aromatic heterocycles. The number of rotatable bonds is 6. The topological polar surface area (TPSA) is 57.7 Å². The summed E-state index contributed by atoms with van der Waals surface area (Å²) in [4.78, 5) is 19.7. The third-order valence-electron chi connectivity index (χ3n) is 4.76. The lowest BCUT2D eigenvalue weighted by atomic mass is 10.1. The number of aromatic nitrogens is 1. The summed E-state index contributed by atoms with van der Waals surface area (Å²) in [6.45, 7) is 2.81. The summed E-state index contributed by atoms with van der Waals surface area (Å²) in [5.74, 6) is 0.580. The molecule has 1 saturated heterocycles. The van der Waals surface area contributed by atoms with Gasteiger partial charge in [0.25, 0.3) is 0 Å². The molecule has 0 atom stereocenters. The highest BCUT2D eigenvalue weighted by Gasteiger charge is 2.35. The fraction of sp³-hybridized carbons (Fsp3) is 0.400. The van der Waals surface area contributed by atoms with Crippen LogP contribution in [0.25, 0.3) is 0 Å². The maximum absolute atomic E-state index is 13.1. The number of pyridine rings is 1. The average Bonchev–Trinajstić information content (AvgIpc) is 2.69. The van der Waals surface area contributed by atoms with Crippen molar-refractivity contribution < 1.29 is 22.7 Å². The van der Waals surface area contributed by atoms with E-state index < -0.39 is 11.9 Å². The number of alkyl halides is 3. The molecule has 1 aromatic carbocycles. The molecule has 3 rings (SSSR count). The van der Waals surface area contributed by atoms with Gasteiger partial charge in [-0.05, 0) is 35.9 Å². The largest absolute Gasteiger partial charge is 0.497 e. The Kier molecular flexibility index (Phi) is 6.71. The minimum absolute atomic E-state index is 0.129. The Bertz CT molecular complexity index is 819. The molecule has 0 radical (unpaired) electrons. The van der Waals surface area contributed by atoms with Gasteiger partial charge in [0.1, 0.15) is 11.4 Å². The summed E-state index contributed by atoms with van der Waals surface area (Å²) in [5, 5.41) is 2.83. The summed E-state index contributed by atoms with van der Waals surface area (Å²) in [5.41, 5.74) is 0.0256. The molecule has 0 unspecified atom stereocenters. The van der Waals surface area contributed by atoms with E-state index in [1.807, 2.05) is 9.80 Å². The number of hydrogen-bond acceptors (Lipinski definition) is 5. The van der Waals surface area contributed by atoms with Crippen LogP contribution < -0.4 is 10.1 Å². The van der Waals surface area contributed by atoms with E-state index in [0.29, 0.717) is 37.6 Å². The van der Waals surface area contributed by atoms with Gasteiger partial charge in [0.05, 0.1) is 13.7 Å². The Morgan fingerprint density at radius 2 is 1.76 bits per heavy atom. The van der Waals surface area contributed by atoms with E-state index in [4.69, 9.17) is 4.74 Å². The molecule has 0 aliphatic carbocycles. The summed E-state index contributed by atoms with van der Waals surface area (Å²) < 4.78 is 44.3. The number of carbonyl (C=O) groups excluding carboxylic acids is 1. The first-order chi connectivity index (χ1) is 13.8. The molecular weight excluding hydrogens is 385 g/mol. The third-order valence-corrected chi connectivity index (χ3v) is 4.76. The van der Waals surface area contributed by atoms with Gasteiger partial charge in [-0.3, -0.25) is 19.6 Å². The molecule has 6 nitrogen and oxygen atoms in total. The molecule has 1 amide bonds. The minimum Gasteiger partial charge on any atom is -0.497 e. The summed E-state index contributed by atoms with van der Waals surface area (Å²) in [6.07, 6.45) is -3.30. The zero-order valence-electron chi connectivity index (χ0n) is 16.1. The lowest BCUT2D eigenvalue weighted by Gasteiger charge is -2.34. The number of piperazine rings is 1. The van der Waals surface area contributed by atoms with Gasteiger partial charge in [0.2, 0.25) is 5.91 Å². The van der Waals surface area contributed by atoms with Gasteiger partial charge in [-0.1, -0.05) is 6.07 Å². The third kappa shape index (κ3) is 5.91. The van der Waals surface area contributed by atoms with E-state index in [-0.39, 0.29) is 24.6 Å². The van der Waals surface area contributed by atoms with Gasteiger partial charge in [-0.15, -0.1) is 0 Å². The predicted octanol–water partition coefficient (Wildman–Crippen LogP) is 2.87. The molecule has 0 spiro atoms. The van der Waals surface area contributed by atoms with Crippen LogP contribution >= 0.6 is 0 Å². The number of anilines is 1. The number of benzene rings is 1. The van der Waals surface area contributed by atoms with E-state index in [0.717, 1.165) is 6.20 Å². The Balaban J connectivity index is 1.47. The van der Waals surface area contributed by atoms with Crippen molar-refractivity contribution in [2.24, 2.45) is 0 Å². The Morgan fingerprint density at radius 3 is 2.38 bits per heavy atom. The van der Waals surface area contributed by atoms with Crippen molar-refractivity contribution in [3.63, 3.8) is 0 Å². The predicted molar refractivity (Wildman–Crippen MR) is 103 cm³/mol. The normalized spacial score (nSPS) is 15.9. The molecule has 2 aromatic rings. The van der Waals surface area contributed by atoms with Crippen molar-refractivity contribution in [2.75, 3.05) is 45.2 Å². The molecule has 0 bridgehead atoms. The van der Waals surface area contributed by atoms with Crippen molar-refractivity contribution in [3.05, 3.63) is 53.9 Å². The number of nitrogens with one attached hydrogen (secondary N) is 1. The lowest BCUT2D eigenvalue weighted by molar-refractivity contribution is -0.142. The molecule has 1 aliphatic rings. The van der Waals surface area contributed by atoms with Gasteiger partial charge in [-0.2, -0.15) is 13.2 Å². The van der Waals surface area contributed by atoms with Crippen molar-refractivity contribution in [1.82, 2.24) is 14.8 Å². The first-order valence-electron chi connectivity index (χ1n) is 9.25. The Labute approximate surface area is 167 Å². The van der Waals surface area contributed by atoms with E-state index >= 15 is 0 Å². The van der Waals surface area contributed by atoms with Crippen molar-refractivity contribution in [3.8, 4) is 5.75 Å². The van der Waals surface area contributed by atoms with Crippen LogP contribution in [-0.4, -0.2) is 60.5 Å². The van der Waals surface area contributed by atoms with Crippen LogP contribution in [0.4, 0.5) is 18.9 Å². The Morgan fingerprint density at radius 1 is 1.10 bits per heavy atom. The van der Waals surface area contributed by atoms with Gasteiger partial charge in [-0.25, -0.2) is 0 Å². The summed E-state index contributed by atoms with van der Waals surface area (Å²) >= 11 is 0. The number of carbonyl (C=O) groups is 1. The monoisotopic (exact) mass is 408 g/mol. The number of methoxy groups -OCH3 is 1. The highest BCUT2D eigenvalue weighted by molar-refractivity contribution is 5.92. The first kappa shape index (κ1) is 21.1. The van der Waals surface area contributed by atoms with Crippen LogP contribution in [0, 0.1) is 0 Å². The second-order valence-corrected chi connectivity index (χ2v) is 6.84. The van der Waals surface area contributed by atoms with Crippen LogP contribution in [-0.2, 0) is 17.5 Å². The Hall–Kier alpha value is -2.65. The first-order valence-corrected chi connectivity index (χ1v) is 9.25. The lowest BCUT2D eigenvalue weighted by Crippen LogP contribution is -2.48. The van der Waals surface area contributed by atoms with Crippen LogP contribution in [0.1, 0.15) is 11.3 Å². The maximum atomic E-state index is 13.1. The molecule has 29 heavy (non-hydrogen) atoms. The standard InChI is InChI=1S/C20H23F3N4O2/c1-29-17-6-4-16(5-7-17)25-18(28)14-27-11-9-26(10-12-27)13-15-3-2-8-24-19(15)20(21,22)23/h2-8H,9-14H2,1H3,(H,25,28). The number of halogens is 3. The smallest absolute Gasteiger partial charge is 0.433 e. The SMILES string of the molecule is COc1ccc(NC(=O)CN2CCN(Cc3cccnc3C(F)(F)F)CC2)cc1. The highest BCUT2D eigenvalue weighted by atomic mass is 19.4. The summed E-state index contributed by atoms with van der Waals surface area (Å²) in [7, 11) is 1.57. The van der Waals surface area contributed by atoms with E-state index in [1.165, 1.54) is 12.1 Å². The highest BCUT2D eigenvalue weighted by Crippen LogP contribution is 2.30. The molecule has 0 saturated carbocycles. The van der Waals surface area contributed by atoms with Gasteiger partial charge in [0.15, 0.2) is 0 Å². The van der Waals surface area contributed by atoms with Crippen LogP contribution in [0.15, 0.2) is 42.6 Å². The molecular formula is C20H23F3N4O2. The zero-order chi connectivity index (χ0) is 20.9. The quantitative estimate of drug-likeness (QED) is 0.797. The second kappa shape index (κ2) is 9.23. The molecule has 156 valence electrons. The van der Waals surface area contributed by atoms with Gasteiger partial charge >= 0.3 is 6.18 Å². The van der Waals surface area contributed by atoms with Crippen molar-refractivity contribution in [2.45, 2.75) is 12.7 Å². The van der Waals surface area contributed by atoms with Gasteiger partial charge < -0.3 is 10.1 Å². The number of amides is 1. The number of nitrogens with zero attached hydrogens (tertiary/aromatic N) is 3. The summed E-state index contributed by atoms with van der Waals surface area (Å²) in [6, 6.07) is 10.0. The molecule has 9 heteroatoms. The van der Waals surface area contributed by atoms with Crippen LogP contribution in [0.2, 0.25) is 0 Å². The zero-order valence-corrected chi connectivity index (χ0v) is 16.1. The van der Waals surface area contributed by atoms with Crippen LogP contribution in [0.5, 0.6) is 5.75 Å². The van der Waals surface area contributed by atoms with E-state index in [1.54, 1.807) is 31.4 Å². The second-order valence-electron chi connectivity index (χ2n) is 6.84. The van der Waals surface area contributed by atoms with Crippen molar-refractivity contribution >= 4 is 11.6 Å². The van der Waals surface area contributed by atoms with E-state index in [9.17, 15) is 18.0 Å². The molecule has 1 N–H and O–H groups in total. The fourth-order valence-corrected chi connectivity index (χ4v) is 3.25. The van der Waals surface area contributed by atoms with Crippen molar-refractivity contribution in [1.29, 1.82) is 0 Å². The molecule has 1 aliphatic heterocycles. The minimum atomic E-state index is -4.46. The maximum Gasteiger partial charge on any atom is 0.433 e. The van der Waals surface area contributed by atoms with E-state index in [2.05, 4.69) is 10.3 Å².